The first-order valence-electron chi connectivity index (χ1n) is 6.58. The van der Waals surface area contributed by atoms with E-state index in [2.05, 4.69) is 19.9 Å². The van der Waals surface area contributed by atoms with Crippen LogP contribution in [-0.4, -0.2) is 23.6 Å². The van der Waals surface area contributed by atoms with Gasteiger partial charge in [0.15, 0.2) is 0 Å². The second-order valence-corrected chi connectivity index (χ2v) is 7.02. The van der Waals surface area contributed by atoms with E-state index < -0.39 is 21.4 Å². The zero-order chi connectivity index (χ0) is 15.1. The lowest BCUT2D eigenvalue weighted by Crippen LogP contribution is -2.51. The molecular weight excluding hydrogens is 295 g/mol. The molecule has 1 aromatic heterocycles. The maximum absolute atomic E-state index is 13.4. The van der Waals surface area contributed by atoms with Crippen molar-refractivity contribution in [2.45, 2.75) is 36.6 Å². The van der Waals surface area contributed by atoms with Crippen LogP contribution in [0.4, 0.5) is 4.39 Å². The van der Waals surface area contributed by atoms with E-state index in [0.29, 0.717) is 24.2 Å². The topological polar surface area (TPSA) is 87.7 Å². The molecule has 2 aromatic rings. The minimum absolute atomic E-state index is 0.0780. The summed E-state index contributed by atoms with van der Waals surface area (Å²) in [6.45, 7) is 1.65. The normalized spacial score (nSPS) is 17.4. The van der Waals surface area contributed by atoms with Crippen LogP contribution < -0.4 is 4.72 Å². The minimum atomic E-state index is -3.83. The summed E-state index contributed by atoms with van der Waals surface area (Å²) in [6, 6.07) is 3.74. The van der Waals surface area contributed by atoms with E-state index in [0.717, 1.165) is 12.5 Å². The van der Waals surface area contributed by atoms with Gasteiger partial charge in [0, 0.05) is 0 Å². The van der Waals surface area contributed by atoms with Gasteiger partial charge < -0.3 is 0 Å². The van der Waals surface area contributed by atoms with Crippen molar-refractivity contribution in [1.82, 2.24) is 19.9 Å². The number of hydrogen-bond acceptors (Lipinski definition) is 4. The number of nitrogens with zero attached hydrogens (tertiary/aromatic N) is 2. The number of aromatic nitrogens is 3. The maximum Gasteiger partial charge on any atom is 0.241 e. The number of rotatable bonds is 4. The van der Waals surface area contributed by atoms with E-state index in [9.17, 15) is 12.8 Å². The van der Waals surface area contributed by atoms with Gasteiger partial charge in [-0.25, -0.2) is 17.8 Å². The number of halogens is 1. The van der Waals surface area contributed by atoms with Crippen LogP contribution in [0.15, 0.2) is 29.4 Å². The largest absolute Gasteiger partial charge is 0.262 e. The Labute approximate surface area is 121 Å². The summed E-state index contributed by atoms with van der Waals surface area (Å²) >= 11 is 0. The fourth-order valence-corrected chi connectivity index (χ4v) is 4.07. The molecule has 0 saturated heterocycles. The van der Waals surface area contributed by atoms with E-state index in [1.165, 1.54) is 18.5 Å². The summed E-state index contributed by atoms with van der Waals surface area (Å²) in [6.07, 6.45) is 3.51. The second kappa shape index (κ2) is 4.88. The highest BCUT2D eigenvalue weighted by molar-refractivity contribution is 7.89. The quantitative estimate of drug-likeness (QED) is 0.898. The highest BCUT2D eigenvalue weighted by Crippen LogP contribution is 2.40. The van der Waals surface area contributed by atoms with Crippen molar-refractivity contribution in [2.24, 2.45) is 0 Å². The Bertz CT molecular complexity index is 734. The van der Waals surface area contributed by atoms with Gasteiger partial charge in [-0.2, -0.15) is 9.82 Å². The molecule has 1 heterocycles. The van der Waals surface area contributed by atoms with Crippen molar-refractivity contribution >= 4 is 10.0 Å². The molecule has 6 nitrogen and oxygen atoms in total. The number of aromatic amines is 1. The lowest BCUT2D eigenvalue weighted by Gasteiger charge is -2.39. The fraction of sp³-hybridized carbons (Fsp3) is 0.385. The van der Waals surface area contributed by atoms with Crippen molar-refractivity contribution in [3.05, 3.63) is 41.7 Å². The molecule has 3 rings (SSSR count). The van der Waals surface area contributed by atoms with Crippen LogP contribution in [0.3, 0.4) is 0 Å². The number of sulfonamides is 1. The number of benzene rings is 1. The van der Waals surface area contributed by atoms with Crippen molar-refractivity contribution in [3.8, 4) is 0 Å². The molecule has 2 N–H and O–H groups in total. The molecule has 1 aliphatic rings. The molecular formula is C13H15FN4O2S. The van der Waals surface area contributed by atoms with Crippen molar-refractivity contribution in [3.63, 3.8) is 0 Å². The summed E-state index contributed by atoms with van der Waals surface area (Å²) in [5, 5.41) is 6.48. The molecule has 112 valence electrons. The van der Waals surface area contributed by atoms with E-state index in [4.69, 9.17) is 0 Å². The summed E-state index contributed by atoms with van der Waals surface area (Å²) < 4.78 is 41.1. The van der Waals surface area contributed by atoms with Gasteiger partial charge in [-0.1, -0.05) is 0 Å². The van der Waals surface area contributed by atoms with Crippen molar-refractivity contribution < 1.29 is 12.8 Å². The predicted octanol–water partition coefficient (Wildman–Crippen LogP) is 1.61. The Morgan fingerprint density at radius 3 is 2.62 bits per heavy atom. The second-order valence-electron chi connectivity index (χ2n) is 5.34. The first-order valence-corrected chi connectivity index (χ1v) is 8.07. The number of nitrogens with one attached hydrogen (secondary N) is 2. The standard InChI is InChI=1S/C13H15FN4O2S/c1-9-5-10(14)7-11(6-9)21(19,20)18-13(3-2-4-13)12-15-8-16-17-12/h5-8,18H,2-4H2,1H3,(H,15,16,17). The fourth-order valence-electron chi connectivity index (χ4n) is 2.53. The number of hydrogen-bond donors (Lipinski definition) is 2. The van der Waals surface area contributed by atoms with Crippen LogP contribution in [0.5, 0.6) is 0 Å². The first kappa shape index (κ1) is 14.2. The SMILES string of the molecule is Cc1cc(F)cc(S(=O)(=O)NC2(c3ncn[nH]3)CCC2)c1. The molecule has 0 spiro atoms. The van der Waals surface area contributed by atoms with Crippen LogP contribution in [0.1, 0.15) is 30.7 Å². The van der Waals surface area contributed by atoms with E-state index in [1.54, 1.807) is 6.92 Å². The van der Waals surface area contributed by atoms with E-state index in [-0.39, 0.29) is 4.90 Å². The zero-order valence-corrected chi connectivity index (χ0v) is 12.2. The van der Waals surface area contributed by atoms with Crippen LogP contribution >= 0.6 is 0 Å². The van der Waals surface area contributed by atoms with Crippen molar-refractivity contribution in [2.75, 3.05) is 0 Å². The molecule has 1 saturated carbocycles. The Morgan fingerprint density at radius 1 is 1.33 bits per heavy atom. The lowest BCUT2D eigenvalue weighted by atomic mass is 9.77. The third kappa shape index (κ3) is 2.56. The van der Waals surface area contributed by atoms with Gasteiger partial charge in [0.1, 0.15) is 18.0 Å². The predicted molar refractivity (Wildman–Crippen MR) is 73.4 cm³/mol. The molecule has 0 aliphatic heterocycles. The average molecular weight is 310 g/mol. The van der Waals surface area contributed by atoms with Gasteiger partial charge in [-0.05, 0) is 49.9 Å². The Balaban J connectivity index is 1.96. The summed E-state index contributed by atoms with van der Waals surface area (Å²) in [7, 11) is -3.83. The van der Waals surface area contributed by atoms with Gasteiger partial charge in [-0.15, -0.1) is 0 Å². The van der Waals surface area contributed by atoms with Gasteiger partial charge >= 0.3 is 0 Å². The molecule has 0 unspecified atom stereocenters. The molecule has 21 heavy (non-hydrogen) atoms. The van der Waals surface area contributed by atoms with E-state index >= 15 is 0 Å². The Morgan fingerprint density at radius 2 is 2.10 bits per heavy atom. The highest BCUT2D eigenvalue weighted by atomic mass is 32.2. The molecule has 0 radical (unpaired) electrons. The smallest absolute Gasteiger partial charge is 0.241 e. The summed E-state index contributed by atoms with van der Waals surface area (Å²) in [5.41, 5.74) is -0.215. The van der Waals surface area contributed by atoms with Gasteiger partial charge in [-0.3, -0.25) is 5.10 Å². The van der Waals surface area contributed by atoms with Gasteiger partial charge in [0.05, 0.1) is 10.4 Å². The monoisotopic (exact) mass is 310 g/mol. The molecule has 0 amide bonds. The highest BCUT2D eigenvalue weighted by Gasteiger charge is 2.44. The molecule has 1 fully saturated rings. The van der Waals surface area contributed by atoms with Crippen LogP contribution in [0.25, 0.3) is 0 Å². The maximum atomic E-state index is 13.4. The summed E-state index contributed by atoms with van der Waals surface area (Å²) in [5.74, 6) is -0.0804. The number of H-pyrrole nitrogens is 1. The van der Waals surface area contributed by atoms with Crippen molar-refractivity contribution in [1.29, 1.82) is 0 Å². The zero-order valence-electron chi connectivity index (χ0n) is 11.4. The molecule has 0 bridgehead atoms. The number of aryl methyl sites for hydroxylation is 1. The lowest BCUT2D eigenvalue weighted by molar-refractivity contribution is 0.211. The van der Waals surface area contributed by atoms with Gasteiger partial charge in [0.2, 0.25) is 10.0 Å². The first-order chi connectivity index (χ1) is 9.91. The van der Waals surface area contributed by atoms with Crippen LogP contribution in [-0.2, 0) is 15.6 Å². The molecule has 8 heteroatoms. The third-order valence-corrected chi connectivity index (χ3v) is 5.25. The van der Waals surface area contributed by atoms with Crippen LogP contribution in [0, 0.1) is 12.7 Å². The van der Waals surface area contributed by atoms with E-state index in [1.807, 2.05) is 0 Å². The van der Waals surface area contributed by atoms with Crippen LogP contribution in [0.2, 0.25) is 0 Å². The summed E-state index contributed by atoms with van der Waals surface area (Å²) in [4.78, 5) is 3.98. The molecule has 1 aliphatic carbocycles. The Kier molecular flexibility index (Phi) is 3.29. The van der Waals surface area contributed by atoms with Gasteiger partial charge in [0.25, 0.3) is 0 Å². The minimum Gasteiger partial charge on any atom is -0.262 e. The molecule has 1 aromatic carbocycles. The third-order valence-electron chi connectivity index (χ3n) is 3.73. The Hall–Kier alpha value is -1.80. The average Bonchev–Trinajstić information content (AvgIpc) is 2.86. The molecule has 0 atom stereocenters.